The zero-order chi connectivity index (χ0) is 17.4. The van der Waals surface area contributed by atoms with E-state index < -0.39 is 0 Å². The van der Waals surface area contributed by atoms with Gasteiger partial charge in [0.15, 0.2) is 0 Å². The van der Waals surface area contributed by atoms with E-state index in [-0.39, 0.29) is 36.9 Å². The molecular weight excluding hydrogens is 304 g/mol. The van der Waals surface area contributed by atoms with Crippen LogP contribution in [-0.2, 0) is 16.0 Å². The number of aliphatic hydroxyl groups excluding tert-OH is 1. The van der Waals surface area contributed by atoms with Crippen LogP contribution in [0.5, 0.6) is 0 Å². The van der Waals surface area contributed by atoms with Crippen molar-refractivity contribution in [2.24, 2.45) is 5.92 Å². The van der Waals surface area contributed by atoms with Crippen LogP contribution in [0.25, 0.3) is 0 Å². The van der Waals surface area contributed by atoms with E-state index in [1.807, 2.05) is 30.3 Å². The largest absolute Gasteiger partial charge is 0.396 e. The summed E-state index contributed by atoms with van der Waals surface area (Å²) in [4.78, 5) is 25.7. The summed E-state index contributed by atoms with van der Waals surface area (Å²) in [5.74, 6) is -0.0927. The number of carbonyl (C=O) groups excluding carboxylic acids is 2. The summed E-state index contributed by atoms with van der Waals surface area (Å²) in [7, 11) is 0. The summed E-state index contributed by atoms with van der Waals surface area (Å²) in [5.41, 5.74) is 1.15. The third kappa shape index (κ3) is 5.64. The first-order valence-corrected chi connectivity index (χ1v) is 8.80. The van der Waals surface area contributed by atoms with Crippen molar-refractivity contribution in [1.82, 2.24) is 10.2 Å². The highest BCUT2D eigenvalue weighted by Gasteiger charge is 2.26. The first-order chi connectivity index (χ1) is 11.6. The summed E-state index contributed by atoms with van der Waals surface area (Å²) in [5, 5.41) is 12.4. The van der Waals surface area contributed by atoms with Crippen LogP contribution in [0.15, 0.2) is 30.3 Å². The van der Waals surface area contributed by atoms with Crippen molar-refractivity contribution in [2.45, 2.75) is 45.1 Å². The number of nitrogens with zero attached hydrogens (tertiary/aromatic N) is 1. The highest BCUT2D eigenvalue weighted by atomic mass is 16.3. The van der Waals surface area contributed by atoms with Crippen molar-refractivity contribution in [2.75, 3.05) is 19.7 Å². The molecule has 0 spiro atoms. The molecule has 0 radical (unpaired) electrons. The van der Waals surface area contributed by atoms with Crippen LogP contribution < -0.4 is 5.32 Å². The average Bonchev–Trinajstić information content (AvgIpc) is 2.59. The summed E-state index contributed by atoms with van der Waals surface area (Å²) in [6.07, 6.45) is 4.77. The molecule has 1 aromatic carbocycles. The van der Waals surface area contributed by atoms with Gasteiger partial charge in [0.1, 0.15) is 0 Å². The molecule has 2 rings (SSSR count). The van der Waals surface area contributed by atoms with Crippen molar-refractivity contribution in [3.8, 4) is 0 Å². The van der Waals surface area contributed by atoms with Crippen LogP contribution in [0, 0.1) is 5.92 Å². The zero-order valence-electron chi connectivity index (χ0n) is 14.4. The summed E-state index contributed by atoms with van der Waals surface area (Å²) in [6, 6.07) is 9.97. The summed E-state index contributed by atoms with van der Waals surface area (Å²) >= 11 is 0. The Labute approximate surface area is 144 Å². The lowest BCUT2D eigenvalue weighted by molar-refractivity contribution is -0.134. The number of rotatable bonds is 7. The van der Waals surface area contributed by atoms with Crippen molar-refractivity contribution in [3.63, 3.8) is 0 Å². The number of carbonyl (C=O) groups is 2. The van der Waals surface area contributed by atoms with Crippen LogP contribution in [0.4, 0.5) is 0 Å². The molecule has 1 aliphatic carbocycles. The highest BCUT2D eigenvalue weighted by molar-refractivity contribution is 5.84. The maximum absolute atomic E-state index is 12.3. The fraction of sp³-hybridized carbons (Fsp3) is 0.579. The van der Waals surface area contributed by atoms with Crippen molar-refractivity contribution in [1.29, 1.82) is 0 Å². The van der Waals surface area contributed by atoms with E-state index in [9.17, 15) is 14.7 Å². The number of aliphatic hydroxyl groups is 1. The molecule has 5 nitrogen and oxygen atoms in total. The topological polar surface area (TPSA) is 69.6 Å². The molecule has 2 N–H and O–H groups in total. The lowest BCUT2D eigenvalue weighted by atomic mass is 9.85. The van der Waals surface area contributed by atoms with E-state index in [4.69, 9.17) is 0 Å². The molecule has 5 heteroatoms. The van der Waals surface area contributed by atoms with Gasteiger partial charge in [0.05, 0.1) is 6.54 Å². The Bertz CT molecular complexity index is 533. The van der Waals surface area contributed by atoms with Crippen LogP contribution in [0.1, 0.15) is 38.2 Å². The second-order valence-corrected chi connectivity index (χ2v) is 6.58. The predicted octanol–water partition coefficient (Wildman–Crippen LogP) is 1.74. The van der Waals surface area contributed by atoms with Gasteiger partial charge in [-0.2, -0.15) is 0 Å². The van der Waals surface area contributed by atoms with E-state index in [1.54, 1.807) is 4.90 Å². The van der Waals surface area contributed by atoms with Crippen molar-refractivity contribution < 1.29 is 14.7 Å². The Morgan fingerprint density at radius 2 is 1.92 bits per heavy atom. The minimum Gasteiger partial charge on any atom is -0.396 e. The Hall–Kier alpha value is -1.88. The summed E-state index contributed by atoms with van der Waals surface area (Å²) < 4.78 is 0. The standard InChI is InChI=1S/C19H28N2O3/c1-15(23)21(12-11-16-7-3-2-4-8-16)13-19(24)20-18-10-6-5-9-17(18)14-22/h2-4,7-8,17-18,22H,5-6,9-14H2,1H3,(H,20,24). The third-order valence-electron chi connectivity index (χ3n) is 4.78. The lowest BCUT2D eigenvalue weighted by Crippen LogP contribution is -2.48. The van der Waals surface area contributed by atoms with Crippen LogP contribution >= 0.6 is 0 Å². The van der Waals surface area contributed by atoms with Gasteiger partial charge in [0.25, 0.3) is 0 Å². The molecule has 1 fully saturated rings. The van der Waals surface area contributed by atoms with Crippen molar-refractivity contribution in [3.05, 3.63) is 35.9 Å². The summed E-state index contributed by atoms with van der Waals surface area (Å²) in [6.45, 7) is 2.21. The number of hydrogen-bond acceptors (Lipinski definition) is 3. The van der Waals surface area contributed by atoms with Gasteiger partial charge in [-0.1, -0.05) is 43.2 Å². The van der Waals surface area contributed by atoms with E-state index in [2.05, 4.69) is 5.32 Å². The van der Waals surface area contributed by atoms with E-state index in [0.29, 0.717) is 6.54 Å². The first kappa shape index (κ1) is 18.5. The van der Waals surface area contributed by atoms with E-state index >= 15 is 0 Å². The Morgan fingerprint density at radius 1 is 1.21 bits per heavy atom. The fourth-order valence-corrected chi connectivity index (χ4v) is 3.30. The number of benzene rings is 1. The van der Waals surface area contributed by atoms with Crippen LogP contribution in [0.2, 0.25) is 0 Å². The monoisotopic (exact) mass is 332 g/mol. The minimum atomic E-state index is -0.136. The normalized spacial score (nSPS) is 20.4. The zero-order valence-corrected chi connectivity index (χ0v) is 14.4. The van der Waals surface area contributed by atoms with Crippen LogP contribution in [-0.4, -0.2) is 47.6 Å². The molecule has 1 saturated carbocycles. The Morgan fingerprint density at radius 3 is 2.58 bits per heavy atom. The smallest absolute Gasteiger partial charge is 0.239 e. The van der Waals surface area contributed by atoms with Gasteiger partial charge in [0, 0.05) is 32.0 Å². The van der Waals surface area contributed by atoms with Gasteiger partial charge in [-0.25, -0.2) is 0 Å². The van der Waals surface area contributed by atoms with Gasteiger partial charge in [-0.15, -0.1) is 0 Å². The molecule has 2 unspecified atom stereocenters. The van der Waals surface area contributed by atoms with E-state index in [1.165, 1.54) is 6.92 Å². The van der Waals surface area contributed by atoms with Gasteiger partial charge in [-0.05, 0) is 24.8 Å². The van der Waals surface area contributed by atoms with Crippen molar-refractivity contribution >= 4 is 11.8 Å². The molecule has 0 bridgehead atoms. The molecule has 0 aliphatic heterocycles. The van der Waals surface area contributed by atoms with Crippen LogP contribution in [0.3, 0.4) is 0 Å². The Balaban J connectivity index is 1.85. The molecule has 24 heavy (non-hydrogen) atoms. The average molecular weight is 332 g/mol. The van der Waals surface area contributed by atoms with Gasteiger partial charge < -0.3 is 15.3 Å². The quantitative estimate of drug-likeness (QED) is 0.799. The molecule has 1 aromatic rings. The number of amides is 2. The molecule has 0 saturated heterocycles. The van der Waals surface area contributed by atoms with Gasteiger partial charge >= 0.3 is 0 Å². The van der Waals surface area contributed by atoms with E-state index in [0.717, 1.165) is 37.7 Å². The molecule has 1 aliphatic rings. The molecular formula is C19H28N2O3. The number of hydrogen-bond donors (Lipinski definition) is 2. The fourth-order valence-electron chi connectivity index (χ4n) is 3.30. The molecule has 2 atom stereocenters. The second kappa shape index (κ2) is 9.42. The second-order valence-electron chi connectivity index (χ2n) is 6.58. The molecule has 132 valence electrons. The minimum absolute atomic E-state index is 0.0270. The predicted molar refractivity (Wildman–Crippen MR) is 93.4 cm³/mol. The maximum Gasteiger partial charge on any atom is 0.239 e. The van der Waals surface area contributed by atoms with Gasteiger partial charge in [-0.3, -0.25) is 9.59 Å². The Kier molecular flexibility index (Phi) is 7.25. The van der Waals surface area contributed by atoms with Gasteiger partial charge in [0.2, 0.25) is 11.8 Å². The SMILES string of the molecule is CC(=O)N(CCc1ccccc1)CC(=O)NC1CCCCC1CO. The molecule has 0 aromatic heterocycles. The first-order valence-electron chi connectivity index (χ1n) is 8.80. The maximum atomic E-state index is 12.3. The molecule has 0 heterocycles. The third-order valence-corrected chi connectivity index (χ3v) is 4.78. The molecule has 2 amide bonds. The highest BCUT2D eigenvalue weighted by Crippen LogP contribution is 2.23. The number of nitrogens with one attached hydrogen (secondary N) is 1. The lowest BCUT2D eigenvalue weighted by Gasteiger charge is -2.31.